The van der Waals surface area contributed by atoms with Gasteiger partial charge < -0.3 is 4.90 Å². The minimum absolute atomic E-state index is 0.551. The van der Waals surface area contributed by atoms with Crippen LogP contribution in [0.2, 0.25) is 0 Å². The Balaban J connectivity index is 1.26. The summed E-state index contributed by atoms with van der Waals surface area (Å²) in [6.45, 7) is 8.30. The Morgan fingerprint density at radius 2 is 1.72 bits per heavy atom. The summed E-state index contributed by atoms with van der Waals surface area (Å²) < 4.78 is 2.16. The van der Waals surface area contributed by atoms with E-state index in [-0.39, 0.29) is 0 Å². The van der Waals surface area contributed by atoms with Gasteiger partial charge in [-0.05, 0) is 58.0 Å². The molecule has 0 N–H and O–H groups in total. The van der Waals surface area contributed by atoms with Crippen molar-refractivity contribution in [2.75, 3.05) is 26.2 Å². The van der Waals surface area contributed by atoms with Gasteiger partial charge in [0.25, 0.3) is 0 Å². The average Bonchev–Trinajstić information content (AvgIpc) is 3.38. The van der Waals surface area contributed by atoms with Crippen molar-refractivity contribution in [3.05, 3.63) is 11.9 Å². The van der Waals surface area contributed by atoms with Gasteiger partial charge in [-0.1, -0.05) is 30.9 Å². The minimum atomic E-state index is 0.551. The minimum Gasteiger partial charge on any atom is -0.300 e. The van der Waals surface area contributed by atoms with Gasteiger partial charge in [-0.25, -0.2) is 4.68 Å². The normalized spacial score (nSPS) is 25.8. The topological polar surface area (TPSA) is 37.2 Å². The molecule has 0 spiro atoms. The number of hydrogen-bond donors (Lipinski definition) is 0. The summed E-state index contributed by atoms with van der Waals surface area (Å²) in [5.41, 5.74) is 1.16. The Labute approximate surface area is 152 Å². The standard InChI is InChI=1S/C20H35N5/c1-17(14-18-6-7-18)24-12-8-20(9-13-24)25-16-19(21-22-25)15-23-10-4-2-3-5-11-23/h16-18,20H,2-15H2,1H3/t17-/m1/s1. The van der Waals surface area contributed by atoms with E-state index < -0.39 is 0 Å². The van der Waals surface area contributed by atoms with Gasteiger partial charge in [-0.3, -0.25) is 4.90 Å². The maximum Gasteiger partial charge on any atom is 0.0967 e. The second kappa shape index (κ2) is 8.17. The molecule has 0 aromatic carbocycles. The van der Waals surface area contributed by atoms with Gasteiger partial charge in [0.05, 0.1) is 17.9 Å². The van der Waals surface area contributed by atoms with Crippen molar-refractivity contribution >= 4 is 0 Å². The first kappa shape index (κ1) is 17.5. The molecule has 1 atom stereocenters. The van der Waals surface area contributed by atoms with Crippen LogP contribution in [0.25, 0.3) is 0 Å². The molecule has 5 heteroatoms. The van der Waals surface area contributed by atoms with E-state index >= 15 is 0 Å². The van der Waals surface area contributed by atoms with Crippen molar-refractivity contribution in [3.63, 3.8) is 0 Å². The van der Waals surface area contributed by atoms with Crippen LogP contribution in [0.4, 0.5) is 0 Å². The molecule has 25 heavy (non-hydrogen) atoms. The molecule has 4 rings (SSSR count). The summed E-state index contributed by atoms with van der Waals surface area (Å²) in [5, 5.41) is 8.95. The van der Waals surface area contributed by atoms with E-state index in [1.807, 2.05) is 0 Å². The van der Waals surface area contributed by atoms with Crippen LogP contribution in [-0.4, -0.2) is 57.0 Å². The zero-order chi connectivity index (χ0) is 17.1. The molecule has 2 saturated heterocycles. The van der Waals surface area contributed by atoms with E-state index in [9.17, 15) is 0 Å². The Bertz CT molecular complexity index is 522. The Hall–Kier alpha value is -0.940. The summed E-state index contributed by atoms with van der Waals surface area (Å²) in [4.78, 5) is 5.26. The van der Waals surface area contributed by atoms with E-state index in [1.165, 1.54) is 84.0 Å². The number of piperidine rings is 1. The van der Waals surface area contributed by atoms with Crippen LogP contribution in [0.15, 0.2) is 6.20 Å². The quantitative estimate of drug-likeness (QED) is 0.791. The van der Waals surface area contributed by atoms with Crippen molar-refractivity contribution in [1.82, 2.24) is 24.8 Å². The van der Waals surface area contributed by atoms with Crippen LogP contribution in [0.5, 0.6) is 0 Å². The third-order valence-electron chi connectivity index (χ3n) is 6.51. The monoisotopic (exact) mass is 345 g/mol. The molecule has 0 unspecified atom stereocenters. The Morgan fingerprint density at radius 1 is 1.00 bits per heavy atom. The van der Waals surface area contributed by atoms with Crippen molar-refractivity contribution in [2.24, 2.45) is 5.92 Å². The van der Waals surface area contributed by atoms with Crippen LogP contribution < -0.4 is 0 Å². The van der Waals surface area contributed by atoms with E-state index in [0.717, 1.165) is 24.2 Å². The number of hydrogen-bond acceptors (Lipinski definition) is 4. The highest BCUT2D eigenvalue weighted by atomic mass is 15.4. The van der Waals surface area contributed by atoms with Crippen LogP contribution >= 0.6 is 0 Å². The van der Waals surface area contributed by atoms with Gasteiger partial charge in [0, 0.05) is 25.7 Å². The zero-order valence-electron chi connectivity index (χ0n) is 15.9. The third-order valence-corrected chi connectivity index (χ3v) is 6.51. The molecule has 3 fully saturated rings. The zero-order valence-corrected chi connectivity index (χ0v) is 15.9. The van der Waals surface area contributed by atoms with E-state index in [0.29, 0.717) is 6.04 Å². The first-order chi connectivity index (χ1) is 12.3. The fraction of sp³-hybridized carbons (Fsp3) is 0.900. The van der Waals surface area contributed by atoms with Gasteiger partial charge in [0.1, 0.15) is 0 Å². The fourth-order valence-corrected chi connectivity index (χ4v) is 4.66. The summed E-state index contributed by atoms with van der Waals surface area (Å²) in [5.74, 6) is 1.03. The average molecular weight is 346 g/mol. The predicted octanol–water partition coefficient (Wildman–Crippen LogP) is 3.48. The molecule has 1 aliphatic carbocycles. The molecule has 1 aromatic rings. The molecule has 5 nitrogen and oxygen atoms in total. The van der Waals surface area contributed by atoms with Crippen molar-refractivity contribution < 1.29 is 0 Å². The predicted molar refractivity (Wildman–Crippen MR) is 100 cm³/mol. The van der Waals surface area contributed by atoms with Gasteiger partial charge in [-0.15, -0.1) is 5.10 Å². The smallest absolute Gasteiger partial charge is 0.0967 e. The lowest BCUT2D eigenvalue weighted by atomic mass is 10.0. The Morgan fingerprint density at radius 3 is 2.40 bits per heavy atom. The molecule has 140 valence electrons. The molecule has 0 radical (unpaired) electrons. The van der Waals surface area contributed by atoms with Gasteiger partial charge in [-0.2, -0.15) is 0 Å². The Kier molecular flexibility index (Phi) is 5.71. The van der Waals surface area contributed by atoms with E-state index in [4.69, 9.17) is 0 Å². The maximum absolute atomic E-state index is 4.48. The maximum atomic E-state index is 4.48. The molecule has 1 aromatic heterocycles. The molecule has 2 aliphatic heterocycles. The second-order valence-electron chi connectivity index (χ2n) is 8.68. The first-order valence-electron chi connectivity index (χ1n) is 10.6. The van der Waals surface area contributed by atoms with Crippen LogP contribution in [0, 0.1) is 5.92 Å². The number of rotatable bonds is 6. The van der Waals surface area contributed by atoms with Crippen LogP contribution in [0.1, 0.15) is 76.4 Å². The highest BCUT2D eigenvalue weighted by Gasteiger charge is 2.29. The van der Waals surface area contributed by atoms with Gasteiger partial charge in [0.2, 0.25) is 0 Å². The lowest BCUT2D eigenvalue weighted by molar-refractivity contribution is 0.129. The highest BCUT2D eigenvalue weighted by Crippen LogP contribution is 2.35. The van der Waals surface area contributed by atoms with Crippen molar-refractivity contribution in [3.8, 4) is 0 Å². The summed E-state index contributed by atoms with van der Waals surface area (Å²) in [6, 6.07) is 1.32. The number of likely N-dealkylation sites (tertiary alicyclic amines) is 2. The molecular formula is C20H35N5. The second-order valence-corrected chi connectivity index (χ2v) is 8.68. The number of nitrogens with zero attached hydrogens (tertiary/aromatic N) is 5. The summed E-state index contributed by atoms with van der Waals surface area (Å²) >= 11 is 0. The van der Waals surface area contributed by atoms with Crippen LogP contribution in [-0.2, 0) is 6.54 Å². The van der Waals surface area contributed by atoms with E-state index in [2.05, 4.69) is 37.9 Å². The van der Waals surface area contributed by atoms with Gasteiger partial charge in [0.15, 0.2) is 0 Å². The molecule has 1 saturated carbocycles. The molecule has 0 amide bonds. The highest BCUT2D eigenvalue weighted by molar-refractivity contribution is 4.95. The lowest BCUT2D eigenvalue weighted by Gasteiger charge is -2.36. The molecular weight excluding hydrogens is 310 g/mol. The molecule has 3 heterocycles. The largest absolute Gasteiger partial charge is 0.300 e. The SMILES string of the molecule is C[C@H](CC1CC1)N1CCC(n2cc(CN3CCCCCC3)nn2)CC1. The van der Waals surface area contributed by atoms with Gasteiger partial charge >= 0.3 is 0 Å². The number of aromatic nitrogens is 3. The third kappa shape index (κ3) is 4.82. The fourth-order valence-electron chi connectivity index (χ4n) is 4.66. The van der Waals surface area contributed by atoms with Crippen LogP contribution in [0.3, 0.4) is 0 Å². The lowest BCUT2D eigenvalue weighted by Crippen LogP contribution is -2.40. The summed E-state index contributed by atoms with van der Waals surface area (Å²) in [6.07, 6.45) is 14.5. The van der Waals surface area contributed by atoms with Crippen molar-refractivity contribution in [2.45, 2.75) is 83.3 Å². The molecule has 0 bridgehead atoms. The first-order valence-corrected chi connectivity index (χ1v) is 10.6. The van der Waals surface area contributed by atoms with E-state index in [1.54, 1.807) is 0 Å². The van der Waals surface area contributed by atoms with Crippen molar-refractivity contribution in [1.29, 1.82) is 0 Å². The summed E-state index contributed by atoms with van der Waals surface area (Å²) in [7, 11) is 0. The molecule has 3 aliphatic rings.